The molecular formula is C8H7N5. The maximum absolute atomic E-state index is 8.76. The predicted octanol–water partition coefficient (Wildman–Crippen LogP) is 0.492. The topological polar surface area (TPSA) is 80.0 Å². The highest BCUT2D eigenvalue weighted by Gasteiger charge is 2.06. The number of anilines is 1. The Hall–Kier alpha value is -2.09. The van der Waals surface area contributed by atoms with Crippen molar-refractivity contribution in [3.63, 3.8) is 0 Å². The van der Waals surface area contributed by atoms with Crippen LogP contribution in [0.3, 0.4) is 0 Å². The van der Waals surface area contributed by atoms with Crippen LogP contribution >= 0.6 is 0 Å². The van der Waals surface area contributed by atoms with Crippen molar-refractivity contribution in [2.45, 2.75) is 6.92 Å². The standard InChI is InChI=1S/C8H7N5/c1-5-4-13-6(2-9)3-11-7(10)8(13)12-5/h3-4H,1H3,(H2,10,11). The SMILES string of the molecule is Cc1cn2c(C#N)cnc(N)c2n1. The molecule has 0 unspecified atom stereocenters. The summed E-state index contributed by atoms with van der Waals surface area (Å²) < 4.78 is 1.64. The van der Waals surface area contributed by atoms with Crippen LogP contribution in [0.15, 0.2) is 12.4 Å². The van der Waals surface area contributed by atoms with Crippen molar-refractivity contribution in [3.05, 3.63) is 23.8 Å². The summed E-state index contributed by atoms with van der Waals surface area (Å²) in [6, 6.07) is 2.02. The molecule has 0 fully saturated rings. The minimum atomic E-state index is 0.340. The average Bonchev–Trinajstić information content (AvgIpc) is 2.48. The molecule has 2 rings (SSSR count). The normalized spacial score (nSPS) is 10.2. The Kier molecular flexibility index (Phi) is 1.43. The smallest absolute Gasteiger partial charge is 0.181 e. The Balaban J connectivity index is 2.94. The third kappa shape index (κ3) is 0.999. The van der Waals surface area contributed by atoms with Crippen LogP contribution in [-0.4, -0.2) is 14.4 Å². The van der Waals surface area contributed by atoms with E-state index in [1.165, 1.54) is 6.20 Å². The van der Waals surface area contributed by atoms with Gasteiger partial charge in [0.25, 0.3) is 0 Å². The van der Waals surface area contributed by atoms with Crippen molar-refractivity contribution < 1.29 is 0 Å². The number of hydrogen-bond acceptors (Lipinski definition) is 4. The Morgan fingerprint density at radius 3 is 3.08 bits per heavy atom. The molecule has 0 amide bonds. The van der Waals surface area contributed by atoms with E-state index in [2.05, 4.69) is 9.97 Å². The van der Waals surface area contributed by atoms with Crippen LogP contribution in [0.1, 0.15) is 11.4 Å². The fraction of sp³-hybridized carbons (Fsp3) is 0.125. The van der Waals surface area contributed by atoms with Crippen LogP contribution in [0, 0.1) is 18.3 Å². The first-order valence-electron chi connectivity index (χ1n) is 3.72. The lowest BCUT2D eigenvalue weighted by Gasteiger charge is -1.97. The molecule has 2 N–H and O–H groups in total. The largest absolute Gasteiger partial charge is 0.381 e. The van der Waals surface area contributed by atoms with Crippen LogP contribution in [0.4, 0.5) is 5.82 Å². The molecule has 0 bridgehead atoms. The van der Waals surface area contributed by atoms with E-state index in [-0.39, 0.29) is 0 Å². The fourth-order valence-electron chi connectivity index (χ4n) is 1.20. The van der Waals surface area contributed by atoms with E-state index >= 15 is 0 Å². The molecule has 0 radical (unpaired) electrons. The molecule has 0 saturated carbocycles. The molecule has 2 aromatic rings. The van der Waals surface area contributed by atoms with Gasteiger partial charge in [-0.25, -0.2) is 9.97 Å². The number of rotatable bonds is 0. The van der Waals surface area contributed by atoms with Gasteiger partial charge in [0.05, 0.1) is 11.9 Å². The van der Waals surface area contributed by atoms with E-state index < -0.39 is 0 Å². The zero-order chi connectivity index (χ0) is 9.42. The Morgan fingerprint density at radius 1 is 1.62 bits per heavy atom. The van der Waals surface area contributed by atoms with Gasteiger partial charge in [-0.1, -0.05) is 0 Å². The quantitative estimate of drug-likeness (QED) is 0.628. The van der Waals surface area contributed by atoms with Gasteiger partial charge in [-0.3, -0.25) is 4.40 Å². The molecule has 5 nitrogen and oxygen atoms in total. The van der Waals surface area contributed by atoms with Crippen molar-refractivity contribution in [1.29, 1.82) is 5.26 Å². The molecule has 2 aromatic heterocycles. The summed E-state index contributed by atoms with van der Waals surface area (Å²) in [6.45, 7) is 1.84. The lowest BCUT2D eigenvalue weighted by atomic mass is 10.4. The molecule has 0 saturated heterocycles. The maximum Gasteiger partial charge on any atom is 0.181 e. The lowest BCUT2D eigenvalue weighted by molar-refractivity contribution is 1.10. The molecule has 0 atom stereocenters. The van der Waals surface area contributed by atoms with E-state index in [0.717, 1.165) is 5.69 Å². The molecule has 0 aliphatic heterocycles. The van der Waals surface area contributed by atoms with Gasteiger partial charge in [-0.05, 0) is 6.92 Å². The second kappa shape index (κ2) is 2.45. The first kappa shape index (κ1) is 7.55. The second-order valence-electron chi connectivity index (χ2n) is 2.72. The molecule has 13 heavy (non-hydrogen) atoms. The fourth-order valence-corrected chi connectivity index (χ4v) is 1.20. The maximum atomic E-state index is 8.76. The summed E-state index contributed by atoms with van der Waals surface area (Å²) in [5.41, 5.74) is 7.38. The number of fused-ring (bicyclic) bond motifs is 1. The van der Waals surface area contributed by atoms with Gasteiger partial charge in [0.15, 0.2) is 11.5 Å². The third-order valence-electron chi connectivity index (χ3n) is 1.76. The number of nitrogens with zero attached hydrogens (tertiary/aromatic N) is 4. The van der Waals surface area contributed by atoms with Gasteiger partial charge in [0.2, 0.25) is 0 Å². The number of nitrogen functional groups attached to an aromatic ring is 1. The van der Waals surface area contributed by atoms with Gasteiger partial charge in [0, 0.05) is 6.20 Å². The highest BCUT2D eigenvalue weighted by atomic mass is 15.1. The first-order valence-corrected chi connectivity index (χ1v) is 3.72. The molecule has 0 aromatic carbocycles. The number of hydrogen-bond donors (Lipinski definition) is 1. The Labute approximate surface area is 74.5 Å². The summed E-state index contributed by atoms with van der Waals surface area (Å²) in [6.07, 6.45) is 3.19. The summed E-state index contributed by atoms with van der Waals surface area (Å²) in [5.74, 6) is 0.340. The number of nitrogens with two attached hydrogens (primary N) is 1. The van der Waals surface area contributed by atoms with Crippen molar-refractivity contribution in [1.82, 2.24) is 14.4 Å². The lowest BCUT2D eigenvalue weighted by Crippen LogP contribution is -1.99. The first-order chi connectivity index (χ1) is 6.22. The Morgan fingerprint density at radius 2 is 2.38 bits per heavy atom. The Bertz CT molecular complexity index is 505. The van der Waals surface area contributed by atoms with Crippen LogP contribution in [0.2, 0.25) is 0 Å². The van der Waals surface area contributed by atoms with Gasteiger partial charge in [-0.2, -0.15) is 5.26 Å². The molecule has 64 valence electrons. The molecule has 0 aliphatic carbocycles. The van der Waals surface area contributed by atoms with Gasteiger partial charge < -0.3 is 5.73 Å². The van der Waals surface area contributed by atoms with Crippen LogP contribution in [-0.2, 0) is 0 Å². The average molecular weight is 173 g/mol. The van der Waals surface area contributed by atoms with Gasteiger partial charge in [-0.15, -0.1) is 0 Å². The molecule has 0 aliphatic rings. The van der Waals surface area contributed by atoms with E-state index in [0.29, 0.717) is 17.2 Å². The number of imidazole rings is 1. The van der Waals surface area contributed by atoms with Crippen LogP contribution in [0.5, 0.6) is 0 Å². The van der Waals surface area contributed by atoms with Crippen LogP contribution in [0.25, 0.3) is 5.65 Å². The monoisotopic (exact) mass is 173 g/mol. The van der Waals surface area contributed by atoms with E-state index in [1.54, 1.807) is 10.6 Å². The summed E-state index contributed by atoms with van der Waals surface area (Å²) in [4.78, 5) is 8.01. The highest BCUT2D eigenvalue weighted by molar-refractivity contribution is 5.61. The van der Waals surface area contributed by atoms with E-state index in [9.17, 15) is 0 Å². The number of aromatic nitrogens is 3. The van der Waals surface area contributed by atoms with Crippen molar-refractivity contribution >= 4 is 11.5 Å². The van der Waals surface area contributed by atoms with Crippen molar-refractivity contribution in [3.8, 4) is 6.07 Å². The molecular weight excluding hydrogens is 166 g/mol. The summed E-state index contributed by atoms with van der Waals surface area (Å²) in [5, 5.41) is 8.76. The zero-order valence-electron chi connectivity index (χ0n) is 7.02. The van der Waals surface area contributed by atoms with Gasteiger partial charge in [0.1, 0.15) is 11.8 Å². The summed E-state index contributed by atoms with van der Waals surface area (Å²) >= 11 is 0. The van der Waals surface area contributed by atoms with Crippen molar-refractivity contribution in [2.24, 2.45) is 0 Å². The number of nitriles is 1. The number of aryl methyl sites for hydroxylation is 1. The van der Waals surface area contributed by atoms with E-state index in [4.69, 9.17) is 11.0 Å². The molecule has 5 heteroatoms. The molecule has 2 heterocycles. The minimum absolute atomic E-state index is 0.340. The van der Waals surface area contributed by atoms with Crippen molar-refractivity contribution in [2.75, 3.05) is 5.73 Å². The van der Waals surface area contributed by atoms with Crippen LogP contribution < -0.4 is 5.73 Å². The van der Waals surface area contributed by atoms with Gasteiger partial charge >= 0.3 is 0 Å². The highest BCUT2D eigenvalue weighted by Crippen LogP contribution is 2.11. The van der Waals surface area contributed by atoms with E-state index in [1.807, 2.05) is 13.0 Å². The summed E-state index contributed by atoms with van der Waals surface area (Å²) in [7, 11) is 0. The predicted molar refractivity (Wildman–Crippen MR) is 46.9 cm³/mol. The second-order valence-corrected chi connectivity index (χ2v) is 2.72. The third-order valence-corrected chi connectivity index (χ3v) is 1.76. The molecule has 0 spiro atoms. The minimum Gasteiger partial charge on any atom is -0.381 e. The zero-order valence-corrected chi connectivity index (χ0v) is 7.02.